The molecular weight excluding hydrogens is 244 g/mol. The molecule has 2 aliphatic heterocycles. The van der Waals surface area contributed by atoms with Gasteiger partial charge < -0.3 is 9.64 Å². The number of esters is 1. The fraction of sp³-hybridized carbons (Fsp3) is 0.500. The Morgan fingerprint density at radius 1 is 1.37 bits per heavy atom. The van der Waals surface area contributed by atoms with E-state index < -0.39 is 0 Å². The van der Waals surface area contributed by atoms with Crippen molar-refractivity contribution >= 4 is 11.9 Å². The minimum absolute atomic E-state index is 0.0132. The van der Waals surface area contributed by atoms with Crippen LogP contribution in [0.4, 0.5) is 0 Å². The first-order chi connectivity index (χ1) is 9.22. The van der Waals surface area contributed by atoms with Gasteiger partial charge in [-0.15, -0.1) is 0 Å². The monoisotopic (exact) mass is 260 g/mol. The van der Waals surface area contributed by atoms with Gasteiger partial charge in [0.25, 0.3) is 5.91 Å². The van der Waals surface area contributed by atoms with Crippen LogP contribution in [0.3, 0.4) is 0 Å². The lowest BCUT2D eigenvalue weighted by molar-refractivity contribution is -0.155. The minimum Gasteiger partial charge on any atom is -0.469 e. The molecule has 1 aliphatic carbocycles. The second-order valence-electron chi connectivity index (χ2n) is 5.09. The van der Waals surface area contributed by atoms with E-state index in [-0.39, 0.29) is 29.9 Å². The fourth-order valence-electron chi connectivity index (χ4n) is 3.18. The van der Waals surface area contributed by atoms with Gasteiger partial charge in [0, 0.05) is 18.3 Å². The Hall–Kier alpha value is -1.91. The molecule has 2 bridgehead atoms. The number of fused-ring (bicyclic) bond motifs is 2. The lowest BCUT2D eigenvalue weighted by Crippen LogP contribution is -2.65. The Kier molecular flexibility index (Phi) is 2.97. The maximum Gasteiger partial charge on any atom is 0.310 e. The first kappa shape index (κ1) is 12.1. The molecule has 0 N–H and O–H groups in total. The van der Waals surface area contributed by atoms with Crippen LogP contribution in [0.2, 0.25) is 0 Å². The van der Waals surface area contributed by atoms with Gasteiger partial charge in [0.05, 0.1) is 13.0 Å². The molecule has 5 heteroatoms. The van der Waals surface area contributed by atoms with Crippen LogP contribution in [-0.4, -0.2) is 41.0 Å². The molecule has 3 fully saturated rings. The molecule has 1 aromatic rings. The molecule has 3 atom stereocenters. The van der Waals surface area contributed by atoms with Gasteiger partial charge in [-0.05, 0) is 31.4 Å². The van der Waals surface area contributed by atoms with E-state index in [1.165, 1.54) is 7.11 Å². The molecule has 100 valence electrons. The first-order valence-electron chi connectivity index (χ1n) is 6.54. The van der Waals surface area contributed by atoms with Crippen molar-refractivity contribution in [2.24, 2.45) is 5.92 Å². The third-order valence-electron chi connectivity index (χ3n) is 4.16. The van der Waals surface area contributed by atoms with E-state index in [1.807, 2.05) is 4.90 Å². The number of methoxy groups -OCH3 is 1. The highest BCUT2D eigenvalue weighted by Gasteiger charge is 2.52. The molecule has 4 rings (SSSR count). The number of hydrogen-bond acceptors (Lipinski definition) is 4. The number of carbonyl (C=O) groups is 2. The normalized spacial score (nSPS) is 28.5. The standard InChI is InChI=1S/C14H16N2O3/c1-19-14(18)10-6-5-9-8-12(10)16(9)13(17)11-4-2-3-7-15-11/h2-4,7,9-10,12H,5-6,8H2,1H3/t9?,10?,12-/m1/s1. The van der Waals surface area contributed by atoms with Crippen LogP contribution in [0.25, 0.3) is 0 Å². The molecule has 1 saturated carbocycles. The van der Waals surface area contributed by atoms with Crippen molar-refractivity contribution < 1.29 is 14.3 Å². The van der Waals surface area contributed by atoms with Crippen molar-refractivity contribution in [1.82, 2.24) is 9.88 Å². The molecule has 19 heavy (non-hydrogen) atoms. The summed E-state index contributed by atoms with van der Waals surface area (Å²) in [7, 11) is 1.40. The Labute approximate surface area is 111 Å². The quantitative estimate of drug-likeness (QED) is 0.751. The number of nitrogens with zero attached hydrogens (tertiary/aromatic N) is 2. The zero-order chi connectivity index (χ0) is 13.4. The Morgan fingerprint density at radius 2 is 2.21 bits per heavy atom. The number of pyridine rings is 1. The van der Waals surface area contributed by atoms with Gasteiger partial charge in [0.1, 0.15) is 5.69 Å². The summed E-state index contributed by atoms with van der Waals surface area (Å²) in [6.07, 6.45) is 4.20. The summed E-state index contributed by atoms with van der Waals surface area (Å²) >= 11 is 0. The fourth-order valence-corrected chi connectivity index (χ4v) is 3.18. The van der Waals surface area contributed by atoms with Crippen LogP contribution in [0.1, 0.15) is 29.8 Å². The number of aromatic nitrogens is 1. The Bertz CT molecular complexity index is 501. The van der Waals surface area contributed by atoms with Gasteiger partial charge in [-0.2, -0.15) is 0 Å². The van der Waals surface area contributed by atoms with Gasteiger partial charge >= 0.3 is 5.97 Å². The molecule has 2 unspecified atom stereocenters. The number of carbonyl (C=O) groups excluding carboxylic acids is 2. The van der Waals surface area contributed by atoms with Crippen LogP contribution in [-0.2, 0) is 9.53 Å². The maximum absolute atomic E-state index is 12.4. The summed E-state index contributed by atoms with van der Waals surface area (Å²) in [5.41, 5.74) is 0.447. The number of ether oxygens (including phenoxy) is 1. The van der Waals surface area contributed by atoms with Crippen molar-refractivity contribution in [3.63, 3.8) is 0 Å². The van der Waals surface area contributed by atoms with Crippen LogP contribution >= 0.6 is 0 Å². The van der Waals surface area contributed by atoms with E-state index in [1.54, 1.807) is 24.4 Å². The van der Waals surface area contributed by atoms with Gasteiger partial charge in [-0.1, -0.05) is 6.07 Å². The topological polar surface area (TPSA) is 59.5 Å². The van der Waals surface area contributed by atoms with E-state index in [0.29, 0.717) is 5.69 Å². The summed E-state index contributed by atoms with van der Waals surface area (Å²) in [4.78, 5) is 30.0. The minimum atomic E-state index is -0.207. The highest BCUT2D eigenvalue weighted by atomic mass is 16.5. The Morgan fingerprint density at radius 3 is 2.84 bits per heavy atom. The van der Waals surface area contributed by atoms with Gasteiger partial charge in [0.2, 0.25) is 0 Å². The average Bonchev–Trinajstić information content (AvgIpc) is 2.47. The van der Waals surface area contributed by atoms with Crippen LogP contribution < -0.4 is 0 Å². The van der Waals surface area contributed by atoms with Crippen molar-refractivity contribution in [2.75, 3.05) is 7.11 Å². The van der Waals surface area contributed by atoms with Gasteiger partial charge in [-0.25, -0.2) is 0 Å². The maximum atomic E-state index is 12.4. The molecule has 3 aliphatic rings. The summed E-state index contributed by atoms with van der Waals surface area (Å²) < 4.78 is 4.83. The molecule has 1 amide bonds. The molecule has 2 saturated heterocycles. The molecule has 1 aromatic heterocycles. The zero-order valence-corrected chi connectivity index (χ0v) is 10.8. The third-order valence-corrected chi connectivity index (χ3v) is 4.16. The summed E-state index contributed by atoms with van der Waals surface area (Å²) in [5, 5.41) is 0. The predicted octanol–water partition coefficient (Wildman–Crippen LogP) is 1.25. The summed E-state index contributed by atoms with van der Waals surface area (Å²) in [6.45, 7) is 0. The zero-order valence-electron chi connectivity index (χ0n) is 10.8. The second kappa shape index (κ2) is 4.64. The number of amides is 1. The van der Waals surface area contributed by atoms with Gasteiger partial charge in [-0.3, -0.25) is 14.6 Å². The molecule has 0 aromatic carbocycles. The van der Waals surface area contributed by atoms with Crippen molar-refractivity contribution in [3.05, 3.63) is 30.1 Å². The smallest absolute Gasteiger partial charge is 0.310 e. The van der Waals surface area contributed by atoms with E-state index >= 15 is 0 Å². The van der Waals surface area contributed by atoms with E-state index in [9.17, 15) is 9.59 Å². The predicted molar refractivity (Wildman–Crippen MR) is 67.3 cm³/mol. The highest BCUT2D eigenvalue weighted by molar-refractivity contribution is 5.94. The summed E-state index contributed by atoms with van der Waals surface area (Å²) in [5.74, 6) is -0.458. The van der Waals surface area contributed by atoms with Crippen LogP contribution in [0.15, 0.2) is 24.4 Å². The number of rotatable bonds is 2. The first-order valence-corrected chi connectivity index (χ1v) is 6.54. The lowest BCUT2D eigenvalue weighted by atomic mass is 9.72. The van der Waals surface area contributed by atoms with E-state index in [0.717, 1.165) is 19.3 Å². The molecular formula is C14H16N2O3. The molecule has 3 heterocycles. The van der Waals surface area contributed by atoms with Crippen molar-refractivity contribution in [1.29, 1.82) is 0 Å². The largest absolute Gasteiger partial charge is 0.469 e. The van der Waals surface area contributed by atoms with E-state index in [4.69, 9.17) is 4.74 Å². The lowest BCUT2D eigenvalue weighted by Gasteiger charge is -2.55. The van der Waals surface area contributed by atoms with Crippen molar-refractivity contribution in [3.8, 4) is 0 Å². The number of piperidine rings is 1. The van der Waals surface area contributed by atoms with Crippen LogP contribution in [0, 0.1) is 5.92 Å². The van der Waals surface area contributed by atoms with E-state index in [2.05, 4.69) is 4.98 Å². The van der Waals surface area contributed by atoms with Crippen molar-refractivity contribution in [2.45, 2.75) is 31.3 Å². The summed E-state index contributed by atoms with van der Waals surface area (Å²) in [6, 6.07) is 5.54. The second-order valence-corrected chi connectivity index (χ2v) is 5.09. The third kappa shape index (κ3) is 1.89. The average molecular weight is 260 g/mol. The highest BCUT2D eigenvalue weighted by Crippen LogP contribution is 2.42. The van der Waals surface area contributed by atoms with Crippen LogP contribution in [0.5, 0.6) is 0 Å². The molecule has 0 radical (unpaired) electrons. The SMILES string of the molecule is COC(=O)C1CCC2C[C@H]1N2C(=O)c1ccccn1. The number of hydrogen-bond donors (Lipinski definition) is 0. The Balaban J connectivity index is 1.79. The molecule has 5 nitrogen and oxygen atoms in total. The molecule has 0 spiro atoms. The van der Waals surface area contributed by atoms with Gasteiger partial charge in [0.15, 0.2) is 0 Å².